The van der Waals surface area contributed by atoms with Crippen molar-refractivity contribution in [2.24, 2.45) is 0 Å². The summed E-state index contributed by atoms with van der Waals surface area (Å²) in [5.41, 5.74) is 1.43. The fraction of sp³-hybridized carbons (Fsp3) is 0.0625. The van der Waals surface area contributed by atoms with Gasteiger partial charge in [0.05, 0.1) is 0 Å². The highest BCUT2D eigenvalue weighted by Gasteiger charge is 2.13. The van der Waals surface area contributed by atoms with E-state index in [4.69, 9.17) is 0 Å². The molecule has 0 aliphatic rings. The van der Waals surface area contributed by atoms with Gasteiger partial charge in [0.2, 0.25) is 0 Å². The lowest BCUT2D eigenvalue weighted by molar-refractivity contribution is 0.111. The van der Waals surface area contributed by atoms with Gasteiger partial charge in [-0.15, -0.1) is 0 Å². The molecule has 2 heterocycles. The van der Waals surface area contributed by atoms with E-state index < -0.39 is 0 Å². The van der Waals surface area contributed by atoms with E-state index in [1.807, 2.05) is 37.3 Å². The molecule has 5 heteroatoms. The molecule has 0 fully saturated rings. The third-order valence-corrected chi connectivity index (χ3v) is 4.10. The Labute approximate surface area is 125 Å². The molecule has 0 radical (unpaired) electrons. The number of aromatic nitrogens is 2. The van der Waals surface area contributed by atoms with Crippen molar-refractivity contribution < 1.29 is 4.79 Å². The number of carbonyl (C=O) groups is 1. The number of carbonyl (C=O) groups excluding carboxylic acids is 1. The van der Waals surface area contributed by atoms with Crippen molar-refractivity contribution in [2.75, 3.05) is 0 Å². The minimum absolute atomic E-state index is 0.0873. The summed E-state index contributed by atoms with van der Waals surface area (Å²) in [4.78, 5) is 28.9. The molecule has 3 rings (SSSR count). The van der Waals surface area contributed by atoms with Crippen molar-refractivity contribution in [3.8, 4) is 0 Å². The van der Waals surface area contributed by atoms with Gasteiger partial charge in [-0.2, -0.15) is 0 Å². The first kappa shape index (κ1) is 13.6. The number of aryl methyl sites for hydroxylation is 1. The number of rotatable bonds is 3. The molecule has 0 unspecified atom stereocenters. The van der Waals surface area contributed by atoms with Crippen LogP contribution in [-0.2, 0) is 0 Å². The van der Waals surface area contributed by atoms with Crippen LogP contribution in [0.4, 0.5) is 0 Å². The maximum absolute atomic E-state index is 12.3. The highest BCUT2D eigenvalue weighted by molar-refractivity contribution is 7.99. The molecule has 21 heavy (non-hydrogen) atoms. The van der Waals surface area contributed by atoms with Crippen LogP contribution in [0.1, 0.15) is 15.9 Å². The van der Waals surface area contributed by atoms with Crippen LogP contribution < -0.4 is 5.56 Å². The zero-order valence-corrected chi connectivity index (χ0v) is 12.1. The van der Waals surface area contributed by atoms with Gasteiger partial charge in [-0.3, -0.25) is 14.0 Å². The van der Waals surface area contributed by atoms with Crippen molar-refractivity contribution in [3.05, 3.63) is 70.1 Å². The predicted octanol–water partition coefficient (Wildman–Crippen LogP) is 2.97. The van der Waals surface area contributed by atoms with E-state index in [9.17, 15) is 9.59 Å². The molecule has 0 saturated carbocycles. The third-order valence-electron chi connectivity index (χ3n) is 3.09. The quantitative estimate of drug-likeness (QED) is 0.551. The lowest BCUT2D eigenvalue weighted by atomic mass is 10.2. The second kappa shape index (κ2) is 5.54. The van der Waals surface area contributed by atoms with Crippen molar-refractivity contribution in [1.82, 2.24) is 9.38 Å². The van der Waals surface area contributed by atoms with Crippen LogP contribution in [0.3, 0.4) is 0 Å². The highest BCUT2D eigenvalue weighted by Crippen LogP contribution is 2.27. The van der Waals surface area contributed by atoms with Gasteiger partial charge in [-0.25, -0.2) is 4.98 Å². The average Bonchev–Trinajstić information content (AvgIpc) is 2.50. The topological polar surface area (TPSA) is 51.4 Å². The van der Waals surface area contributed by atoms with Crippen molar-refractivity contribution in [1.29, 1.82) is 0 Å². The number of aldehydes is 1. The van der Waals surface area contributed by atoms with E-state index in [0.717, 1.165) is 10.5 Å². The van der Waals surface area contributed by atoms with Crippen LogP contribution >= 0.6 is 11.8 Å². The largest absolute Gasteiger partial charge is 0.298 e. The summed E-state index contributed by atoms with van der Waals surface area (Å²) < 4.78 is 1.38. The van der Waals surface area contributed by atoms with Crippen LogP contribution in [0.5, 0.6) is 0 Å². The normalized spacial score (nSPS) is 10.7. The first-order valence-corrected chi connectivity index (χ1v) is 7.22. The van der Waals surface area contributed by atoms with E-state index in [0.29, 0.717) is 17.0 Å². The number of pyridine rings is 1. The molecule has 104 valence electrons. The van der Waals surface area contributed by atoms with E-state index >= 15 is 0 Å². The predicted molar refractivity (Wildman–Crippen MR) is 82.2 cm³/mol. The van der Waals surface area contributed by atoms with Crippen LogP contribution in [0.15, 0.2) is 63.4 Å². The Balaban J connectivity index is 2.15. The Bertz CT molecular complexity index is 870. The average molecular weight is 296 g/mol. The van der Waals surface area contributed by atoms with E-state index in [1.165, 1.54) is 16.2 Å². The Kier molecular flexibility index (Phi) is 3.58. The molecule has 0 bridgehead atoms. The molecular weight excluding hydrogens is 284 g/mol. The van der Waals surface area contributed by atoms with Crippen LogP contribution in [0.25, 0.3) is 5.65 Å². The fourth-order valence-electron chi connectivity index (χ4n) is 1.98. The summed E-state index contributed by atoms with van der Waals surface area (Å²) in [5, 5.41) is 0.435. The summed E-state index contributed by atoms with van der Waals surface area (Å²) in [6.45, 7) is 2.01. The minimum atomic E-state index is -0.342. The number of hydrogen-bond acceptors (Lipinski definition) is 4. The molecule has 0 spiro atoms. The summed E-state index contributed by atoms with van der Waals surface area (Å²) >= 11 is 1.32. The molecular formula is C16H12N2O2S. The second-order valence-electron chi connectivity index (χ2n) is 4.60. The van der Waals surface area contributed by atoms with Crippen molar-refractivity contribution in [3.63, 3.8) is 0 Å². The molecule has 0 aliphatic carbocycles. The maximum Gasteiger partial charge on any atom is 0.269 e. The monoisotopic (exact) mass is 296 g/mol. The molecule has 0 saturated heterocycles. The minimum Gasteiger partial charge on any atom is -0.298 e. The second-order valence-corrected chi connectivity index (χ2v) is 5.66. The molecule has 2 aromatic heterocycles. The lowest BCUT2D eigenvalue weighted by Gasteiger charge is -2.07. The van der Waals surface area contributed by atoms with Gasteiger partial charge in [-0.1, -0.05) is 35.5 Å². The Morgan fingerprint density at radius 1 is 1.14 bits per heavy atom. The summed E-state index contributed by atoms with van der Waals surface area (Å²) in [5.74, 6) is 0. The van der Waals surface area contributed by atoms with Crippen molar-refractivity contribution in [2.45, 2.75) is 16.8 Å². The molecule has 4 nitrogen and oxygen atoms in total. The summed E-state index contributed by atoms with van der Waals surface area (Å²) in [6, 6.07) is 13.1. The van der Waals surface area contributed by atoms with E-state index in [1.54, 1.807) is 18.3 Å². The maximum atomic E-state index is 12.3. The van der Waals surface area contributed by atoms with E-state index in [-0.39, 0.29) is 11.1 Å². The molecule has 0 atom stereocenters. The Morgan fingerprint density at radius 3 is 2.62 bits per heavy atom. The van der Waals surface area contributed by atoms with Gasteiger partial charge >= 0.3 is 0 Å². The van der Waals surface area contributed by atoms with Gasteiger partial charge in [0.15, 0.2) is 6.29 Å². The zero-order valence-electron chi connectivity index (χ0n) is 11.3. The molecule has 3 aromatic rings. The SMILES string of the molecule is Cc1ccc(Sc2nc3ccccn3c(=O)c2C=O)cc1. The summed E-state index contributed by atoms with van der Waals surface area (Å²) in [7, 11) is 0. The number of hydrogen-bond donors (Lipinski definition) is 0. The van der Waals surface area contributed by atoms with E-state index in [2.05, 4.69) is 4.98 Å². The number of fused-ring (bicyclic) bond motifs is 1. The van der Waals surface area contributed by atoms with Crippen LogP contribution in [0, 0.1) is 6.92 Å². The molecule has 1 aromatic carbocycles. The first-order valence-electron chi connectivity index (χ1n) is 6.40. The van der Waals surface area contributed by atoms with Crippen LogP contribution in [-0.4, -0.2) is 15.7 Å². The lowest BCUT2D eigenvalue weighted by Crippen LogP contribution is -2.20. The molecule has 0 N–H and O–H groups in total. The van der Waals surface area contributed by atoms with Crippen molar-refractivity contribution >= 4 is 23.7 Å². The summed E-state index contributed by atoms with van der Waals surface area (Å²) in [6.07, 6.45) is 2.18. The number of nitrogens with zero attached hydrogens (tertiary/aromatic N) is 2. The Hall–Kier alpha value is -2.40. The standard InChI is InChI=1S/C16H12N2O2S/c1-11-5-7-12(8-6-11)21-15-13(10-19)16(20)18-9-3-2-4-14(18)17-15/h2-10H,1H3. The first-order chi connectivity index (χ1) is 10.2. The number of benzene rings is 1. The Morgan fingerprint density at radius 2 is 1.90 bits per heavy atom. The fourth-order valence-corrected chi connectivity index (χ4v) is 2.86. The molecule has 0 amide bonds. The van der Waals surface area contributed by atoms with Gasteiger partial charge in [-0.05, 0) is 31.2 Å². The smallest absolute Gasteiger partial charge is 0.269 e. The van der Waals surface area contributed by atoms with Gasteiger partial charge < -0.3 is 0 Å². The van der Waals surface area contributed by atoms with Gasteiger partial charge in [0, 0.05) is 11.1 Å². The third kappa shape index (κ3) is 2.60. The zero-order chi connectivity index (χ0) is 14.8. The van der Waals surface area contributed by atoms with Gasteiger partial charge in [0.25, 0.3) is 5.56 Å². The molecule has 0 aliphatic heterocycles. The highest BCUT2D eigenvalue weighted by atomic mass is 32.2. The van der Waals surface area contributed by atoms with Gasteiger partial charge in [0.1, 0.15) is 16.2 Å². The van der Waals surface area contributed by atoms with Crippen LogP contribution in [0.2, 0.25) is 0 Å².